The van der Waals surface area contributed by atoms with Gasteiger partial charge in [0.1, 0.15) is 0 Å². The maximum atomic E-state index is 10.8. The van der Waals surface area contributed by atoms with E-state index in [0.29, 0.717) is 12.3 Å². The lowest BCUT2D eigenvalue weighted by Gasteiger charge is -2.10. The van der Waals surface area contributed by atoms with E-state index in [0.717, 1.165) is 5.56 Å². The van der Waals surface area contributed by atoms with E-state index >= 15 is 0 Å². The third-order valence-corrected chi connectivity index (χ3v) is 1.90. The Bertz CT molecular complexity index is 341. The summed E-state index contributed by atoms with van der Waals surface area (Å²) in [6.07, 6.45) is 3.70. The number of hydrogen-bond donors (Lipinski definition) is 1. The molecule has 2 heterocycles. The summed E-state index contributed by atoms with van der Waals surface area (Å²) in [6, 6.07) is 1.81. The molecule has 62 valence electrons. The van der Waals surface area contributed by atoms with Gasteiger partial charge in [-0.05, 0) is 12.5 Å². The Hall–Kier alpha value is -1.58. The third kappa shape index (κ3) is 1.01. The van der Waals surface area contributed by atoms with Crippen molar-refractivity contribution in [3.05, 3.63) is 17.9 Å². The highest BCUT2D eigenvalue weighted by molar-refractivity contribution is 5.94. The first-order valence-electron chi connectivity index (χ1n) is 3.67. The SMILES string of the molecule is NC(=O)C1C=Nc2occc2C1. The fourth-order valence-electron chi connectivity index (χ4n) is 1.22. The Balaban J connectivity index is 2.30. The van der Waals surface area contributed by atoms with Crippen molar-refractivity contribution >= 4 is 18.0 Å². The van der Waals surface area contributed by atoms with Crippen molar-refractivity contribution < 1.29 is 9.21 Å². The van der Waals surface area contributed by atoms with Crippen molar-refractivity contribution in [2.75, 3.05) is 0 Å². The molecule has 2 rings (SSSR count). The van der Waals surface area contributed by atoms with Gasteiger partial charge in [-0.15, -0.1) is 0 Å². The number of nitrogens with two attached hydrogens (primary N) is 1. The van der Waals surface area contributed by atoms with Gasteiger partial charge >= 0.3 is 0 Å². The second-order valence-electron chi connectivity index (χ2n) is 2.74. The van der Waals surface area contributed by atoms with Gasteiger partial charge in [-0.3, -0.25) is 4.79 Å². The van der Waals surface area contributed by atoms with Gasteiger partial charge in [-0.2, -0.15) is 0 Å². The van der Waals surface area contributed by atoms with Gasteiger partial charge in [-0.1, -0.05) is 0 Å². The van der Waals surface area contributed by atoms with Crippen molar-refractivity contribution in [1.82, 2.24) is 0 Å². The van der Waals surface area contributed by atoms with E-state index in [9.17, 15) is 4.79 Å². The highest BCUT2D eigenvalue weighted by Gasteiger charge is 2.20. The zero-order chi connectivity index (χ0) is 8.55. The van der Waals surface area contributed by atoms with Gasteiger partial charge in [0.05, 0.1) is 12.2 Å². The van der Waals surface area contributed by atoms with Gasteiger partial charge < -0.3 is 10.2 Å². The maximum Gasteiger partial charge on any atom is 0.226 e. The highest BCUT2D eigenvalue weighted by atomic mass is 16.3. The van der Waals surface area contributed by atoms with Crippen LogP contribution >= 0.6 is 0 Å². The Morgan fingerprint density at radius 1 is 1.75 bits per heavy atom. The topological polar surface area (TPSA) is 68.6 Å². The monoisotopic (exact) mass is 164 g/mol. The molecule has 1 aromatic rings. The number of aliphatic imine (C=N–C) groups is 1. The number of carbonyl (C=O) groups excluding carboxylic acids is 1. The number of fused-ring (bicyclic) bond motifs is 1. The second kappa shape index (κ2) is 2.48. The fraction of sp³-hybridized carbons (Fsp3) is 0.250. The molecule has 1 aliphatic rings. The molecule has 1 unspecified atom stereocenters. The van der Waals surface area contributed by atoms with Crippen molar-refractivity contribution in [3.63, 3.8) is 0 Å². The quantitative estimate of drug-likeness (QED) is 0.661. The summed E-state index contributed by atoms with van der Waals surface area (Å²) >= 11 is 0. The molecule has 0 saturated carbocycles. The van der Waals surface area contributed by atoms with Gasteiger partial charge in [0.15, 0.2) is 0 Å². The molecule has 0 bridgehead atoms. The van der Waals surface area contributed by atoms with Crippen LogP contribution in [0.3, 0.4) is 0 Å². The van der Waals surface area contributed by atoms with Crippen molar-refractivity contribution in [2.45, 2.75) is 6.42 Å². The van der Waals surface area contributed by atoms with Crippen LogP contribution < -0.4 is 5.73 Å². The normalized spacial score (nSPS) is 20.5. The smallest absolute Gasteiger partial charge is 0.226 e. The number of primary amides is 1. The number of hydrogen-bond acceptors (Lipinski definition) is 3. The maximum absolute atomic E-state index is 10.8. The van der Waals surface area contributed by atoms with Crippen LogP contribution in [0.15, 0.2) is 21.7 Å². The minimum absolute atomic E-state index is 0.282. The first-order chi connectivity index (χ1) is 5.77. The van der Waals surface area contributed by atoms with Crippen LogP contribution in [0.25, 0.3) is 0 Å². The largest absolute Gasteiger partial charge is 0.446 e. The molecule has 1 atom stereocenters. The number of nitrogens with zero attached hydrogens (tertiary/aromatic N) is 1. The fourth-order valence-corrected chi connectivity index (χ4v) is 1.22. The van der Waals surface area contributed by atoms with Crippen molar-refractivity contribution in [1.29, 1.82) is 0 Å². The zero-order valence-electron chi connectivity index (χ0n) is 6.36. The van der Waals surface area contributed by atoms with Crippen LogP contribution in [0.2, 0.25) is 0 Å². The molecule has 0 aromatic carbocycles. The number of carbonyl (C=O) groups is 1. The summed E-state index contributed by atoms with van der Waals surface area (Å²) < 4.78 is 5.03. The Morgan fingerprint density at radius 2 is 2.58 bits per heavy atom. The van der Waals surface area contributed by atoms with Crippen LogP contribution in [0.5, 0.6) is 0 Å². The van der Waals surface area contributed by atoms with Crippen LogP contribution in [-0.2, 0) is 11.2 Å². The number of furan rings is 1. The predicted octanol–water partition coefficient (Wildman–Crippen LogP) is 0.640. The molecule has 1 aromatic heterocycles. The molecular weight excluding hydrogens is 156 g/mol. The lowest BCUT2D eigenvalue weighted by atomic mass is 9.99. The highest BCUT2D eigenvalue weighted by Crippen LogP contribution is 2.26. The molecular formula is C8H8N2O2. The Labute approximate surface area is 69.1 Å². The van der Waals surface area contributed by atoms with Gasteiger partial charge in [0.25, 0.3) is 0 Å². The van der Waals surface area contributed by atoms with E-state index in [4.69, 9.17) is 10.2 Å². The van der Waals surface area contributed by atoms with Crippen LogP contribution in [0, 0.1) is 5.92 Å². The minimum Gasteiger partial charge on any atom is -0.446 e. The van der Waals surface area contributed by atoms with Gasteiger partial charge in [-0.25, -0.2) is 4.99 Å². The molecule has 0 spiro atoms. The first-order valence-corrected chi connectivity index (χ1v) is 3.67. The summed E-state index contributed by atoms with van der Waals surface area (Å²) in [4.78, 5) is 14.7. The van der Waals surface area contributed by atoms with Gasteiger partial charge in [0.2, 0.25) is 11.8 Å². The average molecular weight is 164 g/mol. The first kappa shape index (κ1) is 7.09. The lowest BCUT2D eigenvalue weighted by molar-refractivity contribution is -0.119. The summed E-state index contributed by atoms with van der Waals surface area (Å²) in [5.74, 6) is -0.0341. The van der Waals surface area contributed by atoms with E-state index in [2.05, 4.69) is 4.99 Å². The number of amides is 1. The predicted molar refractivity (Wildman–Crippen MR) is 43.2 cm³/mol. The van der Waals surface area contributed by atoms with E-state index in [1.165, 1.54) is 6.21 Å². The molecule has 2 N–H and O–H groups in total. The summed E-state index contributed by atoms with van der Waals surface area (Å²) in [6.45, 7) is 0. The van der Waals surface area contributed by atoms with Crippen molar-refractivity contribution in [3.8, 4) is 0 Å². The Kier molecular flexibility index (Phi) is 1.46. The molecule has 0 aliphatic carbocycles. The summed E-state index contributed by atoms with van der Waals surface area (Å²) in [5.41, 5.74) is 6.08. The number of rotatable bonds is 1. The zero-order valence-corrected chi connectivity index (χ0v) is 6.36. The van der Waals surface area contributed by atoms with Crippen molar-refractivity contribution in [2.24, 2.45) is 16.6 Å². The minimum atomic E-state index is -0.342. The molecule has 4 heteroatoms. The summed E-state index contributed by atoms with van der Waals surface area (Å²) in [5, 5.41) is 0. The lowest BCUT2D eigenvalue weighted by Crippen LogP contribution is -2.27. The molecule has 1 amide bonds. The third-order valence-electron chi connectivity index (χ3n) is 1.90. The molecule has 0 radical (unpaired) electrons. The second-order valence-corrected chi connectivity index (χ2v) is 2.74. The molecule has 12 heavy (non-hydrogen) atoms. The molecule has 4 nitrogen and oxygen atoms in total. The standard InChI is InChI=1S/C8H8N2O2/c9-7(11)6-3-5-1-2-12-8(5)10-4-6/h1-2,4,6H,3H2,(H2,9,11). The molecule has 0 fully saturated rings. The van der Waals surface area contributed by atoms with E-state index in [1.807, 2.05) is 6.07 Å². The van der Waals surface area contributed by atoms with E-state index in [-0.39, 0.29) is 11.8 Å². The average Bonchev–Trinajstić information content (AvgIpc) is 2.49. The van der Waals surface area contributed by atoms with Crippen LogP contribution in [-0.4, -0.2) is 12.1 Å². The van der Waals surface area contributed by atoms with Gasteiger partial charge in [0, 0.05) is 11.8 Å². The molecule has 1 aliphatic heterocycles. The summed E-state index contributed by atoms with van der Waals surface area (Å²) in [7, 11) is 0. The van der Waals surface area contributed by atoms with E-state index in [1.54, 1.807) is 6.26 Å². The molecule has 0 saturated heterocycles. The van der Waals surface area contributed by atoms with Crippen LogP contribution in [0.1, 0.15) is 5.56 Å². The van der Waals surface area contributed by atoms with Crippen LogP contribution in [0.4, 0.5) is 5.88 Å². The van der Waals surface area contributed by atoms with E-state index < -0.39 is 0 Å². The Morgan fingerprint density at radius 3 is 3.33 bits per heavy atom.